The first-order valence-corrected chi connectivity index (χ1v) is 14.9. The molecule has 7 nitrogen and oxygen atoms in total. The van der Waals surface area contributed by atoms with E-state index in [2.05, 4.69) is 45.0 Å². The Kier molecular flexibility index (Phi) is 9.21. The third-order valence-corrected chi connectivity index (χ3v) is 11.8. The number of hydrogen-bond acceptors (Lipinski definition) is 5. The lowest BCUT2D eigenvalue weighted by Crippen LogP contribution is -2.66. The summed E-state index contributed by atoms with van der Waals surface area (Å²) in [4.78, 5) is 29.0. The van der Waals surface area contributed by atoms with Crippen LogP contribution >= 0.6 is 0 Å². The molecule has 1 heterocycles. The largest absolute Gasteiger partial charge is 0.444 e. The number of amides is 2. The fraction of sp³-hybridized carbons (Fsp3) is 0.517. The van der Waals surface area contributed by atoms with Gasteiger partial charge < -0.3 is 24.1 Å². The molecule has 0 spiro atoms. The molecular formula is C29H42N2O5Si. The van der Waals surface area contributed by atoms with Crippen LogP contribution in [-0.2, 0) is 14.0 Å². The molecule has 1 N–H and O–H groups in total. The zero-order valence-electron chi connectivity index (χ0n) is 23.1. The van der Waals surface area contributed by atoms with E-state index < -0.39 is 26.1 Å². The minimum Gasteiger partial charge on any atom is -0.444 e. The second-order valence-corrected chi connectivity index (χ2v) is 15.9. The lowest BCUT2D eigenvalue weighted by molar-refractivity contribution is -0.138. The maximum atomic E-state index is 13.3. The summed E-state index contributed by atoms with van der Waals surface area (Å²) in [5.74, 6) is -0.0826. The molecule has 1 fully saturated rings. The van der Waals surface area contributed by atoms with Gasteiger partial charge in [0.15, 0.2) is 0 Å². The Labute approximate surface area is 222 Å². The predicted octanol–water partition coefficient (Wildman–Crippen LogP) is 3.39. The first-order valence-electron chi connectivity index (χ1n) is 13.0. The zero-order valence-corrected chi connectivity index (χ0v) is 24.1. The summed E-state index contributed by atoms with van der Waals surface area (Å²) in [7, 11) is -2.73. The van der Waals surface area contributed by atoms with Gasteiger partial charge in [0.05, 0.1) is 12.6 Å². The second kappa shape index (κ2) is 11.8. The Morgan fingerprint density at radius 3 is 1.92 bits per heavy atom. The molecule has 2 aromatic rings. The van der Waals surface area contributed by atoms with Crippen molar-refractivity contribution < 1.29 is 23.9 Å². The predicted molar refractivity (Wildman–Crippen MR) is 149 cm³/mol. The summed E-state index contributed by atoms with van der Waals surface area (Å²) < 4.78 is 12.3. The molecular weight excluding hydrogens is 484 g/mol. The van der Waals surface area contributed by atoms with Gasteiger partial charge in [0.1, 0.15) is 5.60 Å². The molecule has 0 bridgehead atoms. The van der Waals surface area contributed by atoms with Gasteiger partial charge in [-0.05, 0) is 36.2 Å². The van der Waals surface area contributed by atoms with Crippen molar-refractivity contribution in [3.05, 3.63) is 60.7 Å². The number of piperazine rings is 1. The van der Waals surface area contributed by atoms with Crippen molar-refractivity contribution in [3.63, 3.8) is 0 Å². The number of carbonyl (C=O) groups is 2. The summed E-state index contributed by atoms with van der Waals surface area (Å²) in [6.07, 6.45) is -0.221. The minimum atomic E-state index is -2.73. The summed E-state index contributed by atoms with van der Waals surface area (Å²) in [6, 6.07) is 20.2. The van der Waals surface area contributed by atoms with E-state index >= 15 is 0 Å². The van der Waals surface area contributed by atoms with Crippen LogP contribution in [0.25, 0.3) is 0 Å². The molecule has 3 rings (SSSR count). The Morgan fingerprint density at radius 1 is 0.919 bits per heavy atom. The van der Waals surface area contributed by atoms with E-state index in [-0.39, 0.29) is 37.1 Å². The van der Waals surface area contributed by atoms with Crippen molar-refractivity contribution in [2.75, 3.05) is 32.8 Å². The van der Waals surface area contributed by atoms with E-state index in [1.165, 1.54) is 10.4 Å². The Balaban J connectivity index is 1.74. The van der Waals surface area contributed by atoms with Crippen molar-refractivity contribution in [1.29, 1.82) is 0 Å². The fourth-order valence-electron chi connectivity index (χ4n) is 5.03. The Bertz CT molecular complexity index is 994. The van der Waals surface area contributed by atoms with Crippen molar-refractivity contribution in [3.8, 4) is 0 Å². The molecule has 0 saturated carbocycles. The maximum Gasteiger partial charge on any atom is 0.410 e. The minimum absolute atomic E-state index is 0.0826. The molecule has 202 valence electrons. The van der Waals surface area contributed by atoms with Crippen molar-refractivity contribution in [1.82, 2.24) is 9.80 Å². The zero-order chi connectivity index (χ0) is 27.3. The highest BCUT2D eigenvalue weighted by molar-refractivity contribution is 6.99. The Morgan fingerprint density at radius 2 is 1.46 bits per heavy atom. The van der Waals surface area contributed by atoms with Crippen LogP contribution in [0.3, 0.4) is 0 Å². The average Bonchev–Trinajstić information content (AvgIpc) is 2.85. The molecule has 2 aromatic carbocycles. The number of aliphatic hydroxyl groups is 1. The highest BCUT2D eigenvalue weighted by Crippen LogP contribution is 2.36. The smallest absolute Gasteiger partial charge is 0.410 e. The molecule has 37 heavy (non-hydrogen) atoms. The summed E-state index contributed by atoms with van der Waals surface area (Å²) >= 11 is 0. The first kappa shape index (κ1) is 28.9. The summed E-state index contributed by atoms with van der Waals surface area (Å²) in [5.41, 5.74) is -0.600. The number of aliphatic hydroxyl groups excluding tert-OH is 1. The van der Waals surface area contributed by atoms with Crippen LogP contribution in [0.4, 0.5) is 4.79 Å². The van der Waals surface area contributed by atoms with Gasteiger partial charge in [0, 0.05) is 32.7 Å². The van der Waals surface area contributed by atoms with E-state index in [1.54, 1.807) is 9.80 Å². The van der Waals surface area contributed by atoms with Gasteiger partial charge in [-0.2, -0.15) is 0 Å². The van der Waals surface area contributed by atoms with Gasteiger partial charge in [-0.15, -0.1) is 0 Å². The highest BCUT2D eigenvalue weighted by Gasteiger charge is 2.50. The number of rotatable bonds is 7. The standard InChI is InChI=1S/C29H42N2O5Si/c1-28(2,3)36-27(34)30-18-19-31(23(21-30)22-32)26(33)17-20-35-37(29(4,5)6,24-13-9-7-10-14-24)25-15-11-8-12-16-25/h7-16,23,32H,17-22H2,1-6H3. The van der Waals surface area contributed by atoms with E-state index in [0.717, 1.165) is 0 Å². The van der Waals surface area contributed by atoms with Gasteiger partial charge in [-0.25, -0.2) is 4.79 Å². The van der Waals surface area contributed by atoms with E-state index in [9.17, 15) is 14.7 Å². The number of benzene rings is 2. The average molecular weight is 527 g/mol. The van der Waals surface area contributed by atoms with Crippen molar-refractivity contribution >= 4 is 30.7 Å². The summed E-state index contributed by atoms with van der Waals surface area (Å²) in [5, 5.41) is 12.2. The van der Waals surface area contributed by atoms with Crippen LogP contribution in [0.2, 0.25) is 5.04 Å². The third kappa shape index (κ3) is 6.80. The molecule has 1 aliphatic rings. The van der Waals surface area contributed by atoms with Gasteiger partial charge in [0.2, 0.25) is 5.91 Å². The quantitative estimate of drug-likeness (QED) is 0.560. The van der Waals surface area contributed by atoms with Crippen LogP contribution in [0.1, 0.15) is 48.0 Å². The topological polar surface area (TPSA) is 79.3 Å². The maximum absolute atomic E-state index is 13.3. The number of ether oxygens (including phenoxy) is 1. The van der Waals surface area contributed by atoms with E-state index in [4.69, 9.17) is 9.16 Å². The molecule has 2 amide bonds. The van der Waals surface area contributed by atoms with Crippen LogP contribution in [0, 0.1) is 0 Å². The van der Waals surface area contributed by atoms with Gasteiger partial charge in [-0.1, -0.05) is 81.4 Å². The van der Waals surface area contributed by atoms with Gasteiger partial charge in [-0.3, -0.25) is 4.79 Å². The SMILES string of the molecule is CC(C)(C)OC(=O)N1CCN(C(=O)CCO[Si](c2ccccc2)(c2ccccc2)C(C)(C)C)C(CO)C1. The van der Waals surface area contributed by atoms with E-state index in [0.29, 0.717) is 13.1 Å². The van der Waals surface area contributed by atoms with Gasteiger partial charge >= 0.3 is 6.09 Å². The van der Waals surface area contributed by atoms with Crippen LogP contribution in [0.5, 0.6) is 0 Å². The molecule has 1 atom stereocenters. The number of nitrogens with zero attached hydrogens (tertiary/aromatic N) is 2. The molecule has 1 saturated heterocycles. The van der Waals surface area contributed by atoms with Gasteiger partial charge in [0.25, 0.3) is 8.32 Å². The Hall–Kier alpha value is -2.68. The second-order valence-electron chi connectivity index (χ2n) is 11.6. The third-order valence-electron chi connectivity index (χ3n) is 6.72. The monoisotopic (exact) mass is 526 g/mol. The number of hydrogen-bond donors (Lipinski definition) is 1. The van der Waals surface area contributed by atoms with Crippen LogP contribution < -0.4 is 10.4 Å². The normalized spacial score (nSPS) is 17.0. The molecule has 1 aliphatic heterocycles. The molecule has 1 unspecified atom stereocenters. The van der Waals surface area contributed by atoms with Crippen molar-refractivity contribution in [2.45, 2.75) is 64.6 Å². The highest BCUT2D eigenvalue weighted by atomic mass is 28.4. The molecule has 0 aromatic heterocycles. The van der Waals surface area contributed by atoms with E-state index in [1.807, 2.05) is 57.2 Å². The summed E-state index contributed by atoms with van der Waals surface area (Å²) in [6.45, 7) is 13.1. The fourth-order valence-corrected chi connectivity index (χ4v) is 9.59. The van der Waals surface area contributed by atoms with Crippen LogP contribution in [0.15, 0.2) is 60.7 Å². The van der Waals surface area contributed by atoms with Crippen molar-refractivity contribution in [2.24, 2.45) is 0 Å². The lowest BCUT2D eigenvalue weighted by atomic mass is 10.1. The number of carbonyl (C=O) groups excluding carboxylic acids is 2. The molecule has 8 heteroatoms. The first-order chi connectivity index (χ1) is 17.4. The molecule has 0 radical (unpaired) electrons. The molecule has 0 aliphatic carbocycles. The lowest BCUT2D eigenvalue weighted by Gasteiger charge is -2.43. The van der Waals surface area contributed by atoms with Crippen LogP contribution in [-0.4, -0.2) is 79.7 Å².